The number of halogens is 2. The molecule has 5 heteroatoms. The van der Waals surface area contributed by atoms with Crippen LogP contribution in [0.4, 0.5) is 8.78 Å². The largest absolute Gasteiger partial charge is 0.385 e. The topological polar surface area (TPSA) is 44.3 Å². The first kappa shape index (κ1) is 9.30. The van der Waals surface area contributed by atoms with Crippen LogP contribution in [-0.4, -0.2) is 42.3 Å². The van der Waals surface area contributed by atoms with E-state index in [1.165, 1.54) is 0 Å². The first-order chi connectivity index (χ1) is 6.18. The summed E-state index contributed by atoms with van der Waals surface area (Å²) in [6.07, 6.45) is -2.30. The van der Waals surface area contributed by atoms with Crippen LogP contribution in [0.3, 0.4) is 0 Å². The van der Waals surface area contributed by atoms with Crippen LogP contribution in [0.25, 0.3) is 0 Å². The van der Waals surface area contributed by atoms with E-state index < -0.39 is 18.6 Å². The molecule has 0 amide bonds. The summed E-state index contributed by atoms with van der Waals surface area (Å²) in [7, 11) is 0. The van der Waals surface area contributed by atoms with E-state index in [-0.39, 0.29) is 6.04 Å². The Labute approximate surface area is 75.5 Å². The molecule has 0 aliphatic carbocycles. The highest BCUT2D eigenvalue weighted by Crippen LogP contribution is 2.23. The van der Waals surface area contributed by atoms with Gasteiger partial charge in [-0.1, -0.05) is 0 Å². The van der Waals surface area contributed by atoms with Crippen LogP contribution in [0, 0.1) is 0 Å². The predicted octanol–water partition coefficient (Wildman–Crippen LogP) is -0.295. The Kier molecular flexibility index (Phi) is 2.49. The number of fused-ring (bicyclic) bond motifs is 2. The number of aliphatic hydroxyl groups excluding tert-OH is 1. The molecule has 76 valence electrons. The first-order valence-corrected chi connectivity index (χ1v) is 4.64. The average molecular weight is 192 g/mol. The summed E-state index contributed by atoms with van der Waals surface area (Å²) in [4.78, 5) is 0. The van der Waals surface area contributed by atoms with Crippen molar-refractivity contribution in [3.8, 4) is 0 Å². The van der Waals surface area contributed by atoms with E-state index in [1.54, 1.807) is 0 Å². The molecular weight excluding hydrogens is 178 g/mol. The number of nitrogens with one attached hydrogen (secondary N) is 2. The van der Waals surface area contributed by atoms with Gasteiger partial charge in [0, 0.05) is 18.6 Å². The number of alkyl halides is 2. The molecule has 0 aromatic rings. The summed E-state index contributed by atoms with van der Waals surface area (Å²) in [6, 6.07) is -0.0624. The lowest BCUT2D eigenvalue weighted by Crippen LogP contribution is -2.61. The minimum absolute atomic E-state index is 0.0164. The number of aliphatic hydroxyl groups is 1. The van der Waals surface area contributed by atoms with E-state index in [2.05, 4.69) is 10.6 Å². The molecule has 2 bridgehead atoms. The zero-order valence-corrected chi connectivity index (χ0v) is 7.21. The molecule has 0 aromatic heterocycles. The third-order valence-corrected chi connectivity index (χ3v) is 2.94. The van der Waals surface area contributed by atoms with Crippen molar-refractivity contribution in [2.24, 2.45) is 0 Å². The van der Waals surface area contributed by atoms with Crippen molar-refractivity contribution in [3.63, 3.8) is 0 Å². The van der Waals surface area contributed by atoms with Crippen molar-refractivity contribution >= 4 is 0 Å². The van der Waals surface area contributed by atoms with Crippen LogP contribution in [0.1, 0.15) is 12.8 Å². The second-order valence-electron chi connectivity index (χ2n) is 3.81. The van der Waals surface area contributed by atoms with E-state index in [9.17, 15) is 13.9 Å². The SMILES string of the molecule is O[C@H](C(F)F)[C@H]1NC[C@H]2CC[C@@H]1N2. The van der Waals surface area contributed by atoms with Crippen molar-refractivity contribution in [3.05, 3.63) is 0 Å². The summed E-state index contributed by atoms with van der Waals surface area (Å²) < 4.78 is 24.4. The van der Waals surface area contributed by atoms with Gasteiger partial charge in [0.05, 0.1) is 6.04 Å². The van der Waals surface area contributed by atoms with Crippen molar-refractivity contribution in [1.29, 1.82) is 0 Å². The van der Waals surface area contributed by atoms with Crippen LogP contribution < -0.4 is 10.6 Å². The van der Waals surface area contributed by atoms with Crippen molar-refractivity contribution in [2.75, 3.05) is 6.54 Å². The second-order valence-corrected chi connectivity index (χ2v) is 3.81. The maximum absolute atomic E-state index is 12.2. The second kappa shape index (κ2) is 3.48. The van der Waals surface area contributed by atoms with Gasteiger partial charge in [-0.15, -0.1) is 0 Å². The highest BCUT2D eigenvalue weighted by Gasteiger charge is 2.41. The molecule has 2 aliphatic heterocycles. The van der Waals surface area contributed by atoms with Gasteiger partial charge < -0.3 is 15.7 Å². The summed E-state index contributed by atoms with van der Waals surface area (Å²) in [5.74, 6) is 0. The Morgan fingerprint density at radius 3 is 2.77 bits per heavy atom. The van der Waals surface area contributed by atoms with Gasteiger partial charge in [0.2, 0.25) is 0 Å². The molecule has 2 saturated heterocycles. The lowest BCUT2D eigenvalue weighted by molar-refractivity contribution is -0.0355. The maximum atomic E-state index is 12.2. The maximum Gasteiger partial charge on any atom is 0.265 e. The highest BCUT2D eigenvalue weighted by atomic mass is 19.3. The standard InChI is InChI=1S/C8H14F2N2O/c9-8(10)7(13)6-5-2-1-4(12-5)3-11-6/h4-8,11-13H,1-3H2/t4-,5+,6+,7+/m1/s1. The van der Waals surface area contributed by atoms with E-state index in [1.807, 2.05) is 0 Å². The number of hydrogen-bond donors (Lipinski definition) is 3. The summed E-state index contributed by atoms with van der Waals surface area (Å²) >= 11 is 0. The fourth-order valence-corrected chi connectivity index (χ4v) is 2.23. The van der Waals surface area contributed by atoms with Gasteiger partial charge in [0.1, 0.15) is 6.10 Å². The molecule has 0 aromatic carbocycles. The van der Waals surface area contributed by atoms with Crippen molar-refractivity contribution < 1.29 is 13.9 Å². The minimum atomic E-state index is -2.66. The molecule has 2 rings (SSSR count). The molecule has 0 radical (unpaired) electrons. The van der Waals surface area contributed by atoms with Gasteiger partial charge in [0.25, 0.3) is 6.43 Å². The Bertz CT molecular complexity index is 189. The third-order valence-electron chi connectivity index (χ3n) is 2.94. The fourth-order valence-electron chi connectivity index (χ4n) is 2.23. The zero-order valence-electron chi connectivity index (χ0n) is 7.21. The lowest BCUT2D eigenvalue weighted by Gasteiger charge is -2.34. The van der Waals surface area contributed by atoms with E-state index in [0.29, 0.717) is 12.6 Å². The van der Waals surface area contributed by atoms with Crippen molar-refractivity contribution in [2.45, 2.75) is 43.5 Å². The smallest absolute Gasteiger partial charge is 0.265 e. The normalized spacial score (nSPS) is 41.1. The molecule has 0 saturated carbocycles. The van der Waals surface area contributed by atoms with E-state index in [4.69, 9.17) is 0 Å². The number of rotatable bonds is 2. The molecule has 13 heavy (non-hydrogen) atoms. The molecule has 2 aliphatic rings. The molecule has 4 atom stereocenters. The van der Waals surface area contributed by atoms with Gasteiger partial charge in [0.15, 0.2) is 0 Å². The molecule has 3 N–H and O–H groups in total. The summed E-state index contributed by atoms with van der Waals surface area (Å²) in [6.45, 7) is 0.685. The Morgan fingerprint density at radius 1 is 1.31 bits per heavy atom. The predicted molar refractivity (Wildman–Crippen MR) is 43.7 cm³/mol. The van der Waals surface area contributed by atoms with Gasteiger partial charge in [-0.05, 0) is 12.8 Å². The van der Waals surface area contributed by atoms with Crippen LogP contribution in [0.5, 0.6) is 0 Å². The van der Waals surface area contributed by atoms with E-state index in [0.717, 1.165) is 12.8 Å². The monoisotopic (exact) mass is 192 g/mol. The Balaban J connectivity index is 1.99. The fraction of sp³-hybridized carbons (Fsp3) is 1.00. The van der Waals surface area contributed by atoms with Gasteiger partial charge in [-0.2, -0.15) is 0 Å². The highest BCUT2D eigenvalue weighted by molar-refractivity contribution is 5.00. The van der Waals surface area contributed by atoms with Gasteiger partial charge >= 0.3 is 0 Å². The first-order valence-electron chi connectivity index (χ1n) is 4.64. The number of hydrogen-bond acceptors (Lipinski definition) is 3. The quantitative estimate of drug-likeness (QED) is 0.563. The molecule has 2 fully saturated rings. The molecule has 0 unspecified atom stereocenters. The zero-order chi connectivity index (χ0) is 9.42. The van der Waals surface area contributed by atoms with Crippen LogP contribution in [0.15, 0.2) is 0 Å². The van der Waals surface area contributed by atoms with Crippen molar-refractivity contribution in [1.82, 2.24) is 10.6 Å². The Hall–Kier alpha value is -0.260. The molecule has 0 spiro atoms. The van der Waals surface area contributed by atoms with Crippen LogP contribution in [0.2, 0.25) is 0 Å². The lowest BCUT2D eigenvalue weighted by atomic mass is 10.0. The molecular formula is C8H14F2N2O. The van der Waals surface area contributed by atoms with Crippen LogP contribution in [-0.2, 0) is 0 Å². The Morgan fingerprint density at radius 2 is 2.08 bits per heavy atom. The summed E-state index contributed by atoms with van der Waals surface area (Å²) in [5.41, 5.74) is 0. The van der Waals surface area contributed by atoms with Gasteiger partial charge in [-0.25, -0.2) is 8.78 Å². The summed E-state index contributed by atoms with van der Waals surface area (Å²) in [5, 5.41) is 15.4. The molecule has 2 heterocycles. The van der Waals surface area contributed by atoms with E-state index >= 15 is 0 Å². The third kappa shape index (κ3) is 1.68. The van der Waals surface area contributed by atoms with Gasteiger partial charge in [-0.3, -0.25) is 0 Å². The van der Waals surface area contributed by atoms with Crippen LogP contribution >= 0.6 is 0 Å². The minimum Gasteiger partial charge on any atom is -0.385 e. The number of piperazine rings is 1. The average Bonchev–Trinajstić information content (AvgIpc) is 2.47. The molecule has 3 nitrogen and oxygen atoms in total.